The third-order valence-corrected chi connectivity index (χ3v) is 5.36. The van der Waals surface area contributed by atoms with Gasteiger partial charge in [0.1, 0.15) is 0 Å². The summed E-state index contributed by atoms with van der Waals surface area (Å²) in [5.41, 5.74) is 3.59. The van der Waals surface area contributed by atoms with Crippen LogP contribution >= 0.6 is 0 Å². The van der Waals surface area contributed by atoms with Crippen LogP contribution in [0, 0.1) is 0 Å². The number of amides is 2. The van der Waals surface area contributed by atoms with Gasteiger partial charge in [0, 0.05) is 19.5 Å². The lowest BCUT2D eigenvalue weighted by Gasteiger charge is -2.27. The molecule has 1 N–H and O–H groups in total. The average Bonchev–Trinajstić information content (AvgIpc) is 2.72. The van der Waals surface area contributed by atoms with E-state index in [0.717, 1.165) is 31.2 Å². The van der Waals surface area contributed by atoms with Gasteiger partial charge in [0.05, 0.1) is 12.5 Å². The minimum absolute atomic E-state index is 0.0234. The fourth-order valence-corrected chi connectivity index (χ4v) is 3.92. The summed E-state index contributed by atoms with van der Waals surface area (Å²) in [6.45, 7) is 3.22. The van der Waals surface area contributed by atoms with Crippen molar-refractivity contribution in [1.29, 1.82) is 0 Å². The Morgan fingerprint density at radius 1 is 1.04 bits per heavy atom. The maximum Gasteiger partial charge on any atom is 0.227 e. The molecule has 0 saturated heterocycles. The molecule has 148 valence electrons. The lowest BCUT2D eigenvalue weighted by atomic mass is 9.87. The minimum Gasteiger partial charge on any atom is -0.349 e. The van der Waals surface area contributed by atoms with Crippen molar-refractivity contribution in [2.45, 2.75) is 51.5 Å². The van der Waals surface area contributed by atoms with Crippen molar-refractivity contribution in [2.24, 2.45) is 0 Å². The number of aryl methyl sites for hydroxylation is 1. The van der Waals surface area contributed by atoms with Crippen LogP contribution < -0.4 is 5.32 Å². The molecular formula is C24H30N2O2. The summed E-state index contributed by atoms with van der Waals surface area (Å²) in [4.78, 5) is 27.0. The molecule has 3 rings (SSSR count). The summed E-state index contributed by atoms with van der Waals surface area (Å²) in [7, 11) is 0. The Morgan fingerprint density at radius 2 is 1.79 bits per heavy atom. The lowest BCUT2D eigenvalue weighted by molar-refractivity contribution is -0.131. The molecule has 2 aromatic carbocycles. The van der Waals surface area contributed by atoms with Crippen molar-refractivity contribution in [1.82, 2.24) is 10.2 Å². The normalized spacial score (nSPS) is 15.5. The number of carbonyl (C=O) groups excluding carboxylic acids is 2. The van der Waals surface area contributed by atoms with Crippen LogP contribution in [0.5, 0.6) is 0 Å². The molecule has 2 aromatic rings. The summed E-state index contributed by atoms with van der Waals surface area (Å²) >= 11 is 0. The van der Waals surface area contributed by atoms with Crippen LogP contribution in [0.3, 0.4) is 0 Å². The van der Waals surface area contributed by atoms with Crippen molar-refractivity contribution in [3.8, 4) is 0 Å². The Morgan fingerprint density at radius 3 is 2.57 bits per heavy atom. The maximum atomic E-state index is 12.7. The highest BCUT2D eigenvalue weighted by atomic mass is 16.2. The molecule has 0 radical (unpaired) electrons. The number of rotatable bonds is 8. The molecule has 0 aliphatic heterocycles. The van der Waals surface area contributed by atoms with Crippen LogP contribution in [0.2, 0.25) is 0 Å². The predicted octanol–water partition coefficient (Wildman–Crippen LogP) is 4.05. The van der Waals surface area contributed by atoms with E-state index < -0.39 is 0 Å². The lowest BCUT2D eigenvalue weighted by Crippen LogP contribution is -2.38. The SMILES string of the molecule is CCCN(CCC(=O)NC1CCCc2ccccc21)C(=O)Cc1ccccc1. The number of carbonyl (C=O) groups is 2. The summed E-state index contributed by atoms with van der Waals surface area (Å²) in [6.07, 6.45) is 4.78. The molecule has 1 aliphatic rings. The van der Waals surface area contributed by atoms with Gasteiger partial charge in [-0.05, 0) is 42.4 Å². The molecule has 0 fully saturated rings. The van der Waals surface area contributed by atoms with Gasteiger partial charge in [0.2, 0.25) is 11.8 Å². The van der Waals surface area contributed by atoms with E-state index in [9.17, 15) is 9.59 Å². The summed E-state index contributed by atoms with van der Waals surface area (Å²) in [5, 5.41) is 3.18. The van der Waals surface area contributed by atoms with Crippen LogP contribution in [0.4, 0.5) is 0 Å². The molecule has 4 nitrogen and oxygen atoms in total. The highest BCUT2D eigenvalue weighted by molar-refractivity contribution is 5.80. The number of nitrogens with zero attached hydrogens (tertiary/aromatic N) is 1. The average molecular weight is 379 g/mol. The number of fused-ring (bicyclic) bond motifs is 1. The minimum atomic E-state index is 0.0234. The van der Waals surface area contributed by atoms with Gasteiger partial charge in [-0.3, -0.25) is 9.59 Å². The van der Waals surface area contributed by atoms with Crippen LogP contribution in [-0.4, -0.2) is 29.8 Å². The van der Waals surface area contributed by atoms with E-state index in [4.69, 9.17) is 0 Å². The molecule has 0 aromatic heterocycles. The smallest absolute Gasteiger partial charge is 0.227 e. The van der Waals surface area contributed by atoms with Crippen LogP contribution in [0.25, 0.3) is 0 Å². The molecule has 4 heteroatoms. The van der Waals surface area contributed by atoms with Crippen molar-refractivity contribution in [2.75, 3.05) is 13.1 Å². The van der Waals surface area contributed by atoms with Gasteiger partial charge in [-0.2, -0.15) is 0 Å². The van der Waals surface area contributed by atoms with Gasteiger partial charge in [0.15, 0.2) is 0 Å². The van der Waals surface area contributed by atoms with E-state index in [1.807, 2.05) is 41.3 Å². The second kappa shape index (κ2) is 10.1. The molecule has 0 spiro atoms. The van der Waals surface area contributed by atoms with Gasteiger partial charge >= 0.3 is 0 Å². The first kappa shape index (κ1) is 20.1. The fraction of sp³-hybridized carbons (Fsp3) is 0.417. The highest BCUT2D eigenvalue weighted by Crippen LogP contribution is 2.29. The van der Waals surface area contributed by atoms with Gasteiger partial charge in [-0.25, -0.2) is 0 Å². The molecule has 1 atom stereocenters. The number of hydrogen-bond acceptors (Lipinski definition) is 2. The second-order valence-electron chi connectivity index (χ2n) is 7.50. The highest BCUT2D eigenvalue weighted by Gasteiger charge is 2.22. The van der Waals surface area contributed by atoms with Crippen molar-refractivity contribution in [3.05, 3.63) is 71.3 Å². The van der Waals surface area contributed by atoms with Gasteiger partial charge in [-0.1, -0.05) is 61.5 Å². The first-order valence-corrected chi connectivity index (χ1v) is 10.4. The van der Waals surface area contributed by atoms with Gasteiger partial charge in [0.25, 0.3) is 0 Å². The molecule has 28 heavy (non-hydrogen) atoms. The zero-order chi connectivity index (χ0) is 19.8. The Labute approximate surface area is 167 Å². The van der Waals surface area contributed by atoms with E-state index in [1.165, 1.54) is 11.1 Å². The van der Waals surface area contributed by atoms with Crippen LogP contribution in [-0.2, 0) is 22.4 Å². The molecule has 2 amide bonds. The molecule has 0 bridgehead atoms. The van der Waals surface area contributed by atoms with Crippen LogP contribution in [0.1, 0.15) is 55.3 Å². The first-order valence-electron chi connectivity index (χ1n) is 10.4. The fourth-order valence-electron chi connectivity index (χ4n) is 3.92. The quantitative estimate of drug-likeness (QED) is 0.753. The molecular weight excluding hydrogens is 348 g/mol. The summed E-state index contributed by atoms with van der Waals surface area (Å²) in [6, 6.07) is 18.2. The number of nitrogens with one attached hydrogen (secondary N) is 1. The Balaban J connectivity index is 1.53. The Kier molecular flexibility index (Phi) is 7.24. The van der Waals surface area contributed by atoms with E-state index in [2.05, 4.69) is 30.4 Å². The summed E-state index contributed by atoms with van der Waals surface area (Å²) < 4.78 is 0. The van der Waals surface area contributed by atoms with E-state index in [0.29, 0.717) is 25.9 Å². The van der Waals surface area contributed by atoms with E-state index in [1.54, 1.807) is 0 Å². The molecule has 1 aliphatic carbocycles. The Bertz CT molecular complexity index is 788. The number of hydrogen-bond donors (Lipinski definition) is 1. The molecule has 1 unspecified atom stereocenters. The van der Waals surface area contributed by atoms with Crippen LogP contribution in [0.15, 0.2) is 54.6 Å². The third-order valence-electron chi connectivity index (χ3n) is 5.36. The number of benzene rings is 2. The molecule has 0 heterocycles. The zero-order valence-corrected chi connectivity index (χ0v) is 16.7. The summed E-state index contributed by atoms with van der Waals surface area (Å²) in [5.74, 6) is 0.110. The van der Waals surface area contributed by atoms with E-state index >= 15 is 0 Å². The standard InChI is InChI=1S/C24H30N2O2/c1-2-16-26(24(28)18-19-9-4-3-5-10-19)17-15-23(27)25-22-14-8-12-20-11-6-7-13-21(20)22/h3-7,9-11,13,22H,2,8,12,14-18H2,1H3,(H,25,27). The predicted molar refractivity (Wildman–Crippen MR) is 112 cm³/mol. The maximum absolute atomic E-state index is 12.7. The largest absolute Gasteiger partial charge is 0.349 e. The van der Waals surface area contributed by atoms with Crippen molar-refractivity contribution in [3.63, 3.8) is 0 Å². The Hall–Kier alpha value is -2.62. The van der Waals surface area contributed by atoms with Crippen molar-refractivity contribution < 1.29 is 9.59 Å². The van der Waals surface area contributed by atoms with E-state index in [-0.39, 0.29) is 17.9 Å². The zero-order valence-electron chi connectivity index (χ0n) is 16.7. The topological polar surface area (TPSA) is 49.4 Å². The monoisotopic (exact) mass is 378 g/mol. The van der Waals surface area contributed by atoms with Gasteiger partial charge in [-0.15, -0.1) is 0 Å². The van der Waals surface area contributed by atoms with Gasteiger partial charge < -0.3 is 10.2 Å². The first-order chi connectivity index (χ1) is 13.7. The third kappa shape index (κ3) is 5.44. The molecule has 0 saturated carbocycles. The second-order valence-corrected chi connectivity index (χ2v) is 7.50. The van der Waals surface area contributed by atoms with Crippen molar-refractivity contribution >= 4 is 11.8 Å².